The Morgan fingerprint density at radius 3 is 2.06 bits per heavy atom. The normalized spacial score (nSPS) is 13.9. The fourth-order valence-corrected chi connectivity index (χ4v) is 4.36. The maximum absolute atomic E-state index is 13.7. The van der Waals surface area contributed by atoms with Crippen molar-refractivity contribution in [3.63, 3.8) is 0 Å². The molecule has 0 aromatic heterocycles. The number of carbonyl (C=O) groups excluding carboxylic acids is 2. The number of halogens is 2. The molecule has 0 aliphatic carbocycles. The van der Waals surface area contributed by atoms with E-state index in [-0.39, 0.29) is 11.3 Å². The quantitative estimate of drug-likeness (QED) is 0.455. The largest absolute Gasteiger partial charge is 0.339 e. The highest BCUT2D eigenvalue weighted by Crippen LogP contribution is 2.39. The second kappa shape index (κ2) is 8.22. The minimum absolute atomic E-state index is 0.247. The van der Waals surface area contributed by atoms with Crippen molar-refractivity contribution in [3.8, 4) is 0 Å². The van der Waals surface area contributed by atoms with Crippen LogP contribution >= 0.6 is 23.2 Å². The number of amides is 2. The summed E-state index contributed by atoms with van der Waals surface area (Å²) in [7, 11) is 1.77. The van der Waals surface area contributed by atoms with Crippen LogP contribution in [0.4, 0.5) is 11.4 Å². The molecule has 156 valence electrons. The molecule has 2 amide bonds. The van der Waals surface area contributed by atoms with Crippen molar-refractivity contribution < 1.29 is 9.59 Å². The molecule has 1 aliphatic heterocycles. The van der Waals surface area contributed by atoms with Crippen LogP contribution in [-0.4, -0.2) is 18.9 Å². The van der Waals surface area contributed by atoms with Crippen molar-refractivity contribution in [2.75, 3.05) is 16.8 Å². The van der Waals surface area contributed by atoms with Gasteiger partial charge in [0, 0.05) is 23.3 Å². The lowest BCUT2D eigenvalue weighted by Gasteiger charge is -2.22. The first kappa shape index (κ1) is 21.2. The van der Waals surface area contributed by atoms with Crippen LogP contribution < -0.4 is 9.80 Å². The standard InChI is InChI=1S/C25H20Cl2N2O2/c1-15-11-16(2)13-19(12-15)29-24(30)22(20-10-9-17(26)14-21(20)27)23(25(29)31)28(3)18-7-5-4-6-8-18/h4-14H,1-3H3. The van der Waals surface area contributed by atoms with Crippen molar-refractivity contribution in [2.45, 2.75) is 13.8 Å². The summed E-state index contributed by atoms with van der Waals surface area (Å²) in [6.45, 7) is 3.87. The number of benzene rings is 3. The van der Waals surface area contributed by atoms with E-state index in [0.717, 1.165) is 16.8 Å². The summed E-state index contributed by atoms with van der Waals surface area (Å²) < 4.78 is 0. The Labute approximate surface area is 191 Å². The third-order valence-electron chi connectivity index (χ3n) is 5.20. The van der Waals surface area contributed by atoms with Crippen LogP contribution in [-0.2, 0) is 9.59 Å². The second-order valence-electron chi connectivity index (χ2n) is 7.53. The number of likely N-dealkylation sites (N-methyl/N-ethyl adjacent to an activating group) is 1. The summed E-state index contributed by atoms with van der Waals surface area (Å²) in [6, 6.07) is 20.0. The van der Waals surface area contributed by atoms with Gasteiger partial charge < -0.3 is 4.90 Å². The Hall–Kier alpha value is -3.08. The van der Waals surface area contributed by atoms with Gasteiger partial charge in [-0.15, -0.1) is 0 Å². The summed E-state index contributed by atoms with van der Waals surface area (Å²) in [4.78, 5) is 30.2. The number of hydrogen-bond acceptors (Lipinski definition) is 3. The molecule has 0 bridgehead atoms. The van der Waals surface area contributed by atoms with Gasteiger partial charge in [-0.25, -0.2) is 4.90 Å². The highest BCUT2D eigenvalue weighted by molar-refractivity contribution is 6.48. The number of anilines is 2. The van der Waals surface area contributed by atoms with E-state index in [1.165, 1.54) is 4.90 Å². The molecule has 0 N–H and O–H groups in total. The fraction of sp³-hybridized carbons (Fsp3) is 0.120. The monoisotopic (exact) mass is 450 g/mol. The van der Waals surface area contributed by atoms with Crippen LogP contribution in [0.3, 0.4) is 0 Å². The van der Waals surface area contributed by atoms with E-state index < -0.39 is 11.8 Å². The first-order valence-electron chi connectivity index (χ1n) is 9.73. The summed E-state index contributed by atoms with van der Waals surface area (Å²) in [5.74, 6) is -0.820. The zero-order valence-corrected chi connectivity index (χ0v) is 18.8. The van der Waals surface area contributed by atoms with Crippen LogP contribution in [0.25, 0.3) is 5.57 Å². The lowest BCUT2D eigenvalue weighted by atomic mass is 10.0. The van der Waals surface area contributed by atoms with Gasteiger partial charge in [-0.2, -0.15) is 0 Å². The minimum atomic E-state index is -0.419. The molecule has 0 atom stereocenters. The van der Waals surface area contributed by atoms with E-state index >= 15 is 0 Å². The maximum Gasteiger partial charge on any atom is 0.282 e. The number of nitrogens with zero attached hydrogens (tertiary/aromatic N) is 2. The lowest BCUT2D eigenvalue weighted by molar-refractivity contribution is -0.120. The van der Waals surface area contributed by atoms with Gasteiger partial charge in [0.1, 0.15) is 5.70 Å². The number of rotatable bonds is 4. The molecule has 3 aromatic rings. The molecule has 0 saturated heterocycles. The average molecular weight is 451 g/mol. The Bertz CT molecular complexity index is 1220. The van der Waals surface area contributed by atoms with Gasteiger partial charge in [-0.05, 0) is 61.4 Å². The number of para-hydroxylation sites is 1. The van der Waals surface area contributed by atoms with Gasteiger partial charge in [-0.3, -0.25) is 9.59 Å². The van der Waals surface area contributed by atoms with Crippen molar-refractivity contribution >= 4 is 52.0 Å². The number of carbonyl (C=O) groups is 2. The molecule has 0 unspecified atom stereocenters. The smallest absolute Gasteiger partial charge is 0.282 e. The lowest BCUT2D eigenvalue weighted by Crippen LogP contribution is -2.34. The first-order valence-corrected chi connectivity index (χ1v) is 10.5. The number of imide groups is 1. The predicted octanol–water partition coefficient (Wildman–Crippen LogP) is 6.03. The number of hydrogen-bond donors (Lipinski definition) is 0. The molecule has 1 aliphatic rings. The number of aryl methyl sites for hydroxylation is 2. The van der Waals surface area contributed by atoms with E-state index in [2.05, 4.69) is 0 Å². The summed E-state index contributed by atoms with van der Waals surface area (Å²) in [5.41, 5.74) is 4.22. The van der Waals surface area contributed by atoms with Crippen LogP contribution in [0.2, 0.25) is 10.0 Å². The second-order valence-corrected chi connectivity index (χ2v) is 8.38. The molecular weight excluding hydrogens is 431 g/mol. The highest BCUT2D eigenvalue weighted by atomic mass is 35.5. The molecule has 31 heavy (non-hydrogen) atoms. The Morgan fingerprint density at radius 2 is 1.45 bits per heavy atom. The van der Waals surface area contributed by atoms with E-state index in [9.17, 15) is 9.59 Å². The zero-order chi connectivity index (χ0) is 22.3. The average Bonchev–Trinajstić information content (AvgIpc) is 2.97. The molecule has 4 nitrogen and oxygen atoms in total. The predicted molar refractivity (Wildman–Crippen MR) is 127 cm³/mol. The molecule has 0 fully saturated rings. The van der Waals surface area contributed by atoms with Crippen LogP contribution in [0.1, 0.15) is 16.7 Å². The molecule has 3 aromatic carbocycles. The summed E-state index contributed by atoms with van der Waals surface area (Å²) in [6.07, 6.45) is 0. The van der Waals surface area contributed by atoms with Crippen molar-refractivity contribution in [3.05, 3.63) is 99.2 Å². The van der Waals surface area contributed by atoms with Gasteiger partial charge >= 0.3 is 0 Å². The van der Waals surface area contributed by atoms with Gasteiger partial charge in [0.05, 0.1) is 16.3 Å². The van der Waals surface area contributed by atoms with Crippen LogP contribution in [0.15, 0.2) is 72.4 Å². The van der Waals surface area contributed by atoms with Crippen molar-refractivity contribution in [1.82, 2.24) is 0 Å². The fourth-order valence-electron chi connectivity index (χ4n) is 3.86. The molecule has 0 radical (unpaired) electrons. The Morgan fingerprint density at radius 1 is 0.806 bits per heavy atom. The molecule has 0 spiro atoms. The summed E-state index contributed by atoms with van der Waals surface area (Å²) >= 11 is 12.5. The zero-order valence-electron chi connectivity index (χ0n) is 17.3. The molecule has 4 rings (SSSR count). The van der Waals surface area contributed by atoms with Gasteiger partial charge in [0.15, 0.2) is 0 Å². The highest BCUT2D eigenvalue weighted by Gasteiger charge is 2.42. The van der Waals surface area contributed by atoms with Gasteiger partial charge in [0.2, 0.25) is 0 Å². The SMILES string of the molecule is Cc1cc(C)cc(N2C(=O)C(c3ccc(Cl)cc3Cl)=C(N(C)c3ccccc3)C2=O)c1. The molecule has 1 heterocycles. The summed E-state index contributed by atoms with van der Waals surface area (Å²) in [5, 5.41) is 0.764. The van der Waals surface area contributed by atoms with Crippen LogP contribution in [0, 0.1) is 13.8 Å². The molecular formula is C25H20Cl2N2O2. The Kier molecular flexibility index (Phi) is 5.61. The van der Waals surface area contributed by atoms with E-state index in [1.807, 2.05) is 62.4 Å². The Balaban J connectivity index is 1.93. The van der Waals surface area contributed by atoms with Crippen LogP contribution in [0.5, 0.6) is 0 Å². The van der Waals surface area contributed by atoms with Crippen molar-refractivity contribution in [1.29, 1.82) is 0 Å². The van der Waals surface area contributed by atoms with E-state index in [1.54, 1.807) is 30.1 Å². The maximum atomic E-state index is 13.7. The van der Waals surface area contributed by atoms with Crippen molar-refractivity contribution in [2.24, 2.45) is 0 Å². The minimum Gasteiger partial charge on any atom is -0.339 e. The topological polar surface area (TPSA) is 40.6 Å². The third kappa shape index (κ3) is 3.85. The van der Waals surface area contributed by atoms with Gasteiger partial charge in [0.25, 0.3) is 11.8 Å². The van der Waals surface area contributed by atoms with Gasteiger partial charge in [-0.1, -0.05) is 53.5 Å². The molecule has 0 saturated carbocycles. The van der Waals surface area contributed by atoms with E-state index in [0.29, 0.717) is 21.3 Å². The molecule has 6 heteroatoms. The van der Waals surface area contributed by atoms with E-state index in [4.69, 9.17) is 23.2 Å². The first-order chi connectivity index (χ1) is 14.8. The third-order valence-corrected chi connectivity index (χ3v) is 5.75.